The summed E-state index contributed by atoms with van der Waals surface area (Å²) in [5.74, 6) is 0.254. The van der Waals surface area contributed by atoms with Crippen molar-refractivity contribution in [2.45, 2.75) is 24.4 Å². The van der Waals surface area contributed by atoms with E-state index < -0.39 is 29.2 Å². The lowest BCUT2D eigenvalue weighted by Crippen LogP contribution is -2.30. The van der Waals surface area contributed by atoms with Gasteiger partial charge in [-0.2, -0.15) is 13.2 Å². The van der Waals surface area contributed by atoms with E-state index in [2.05, 4.69) is 15.3 Å². The van der Waals surface area contributed by atoms with Crippen molar-refractivity contribution in [1.82, 2.24) is 14.3 Å². The third kappa shape index (κ3) is 4.60. The maximum atomic E-state index is 12.1. The van der Waals surface area contributed by atoms with Gasteiger partial charge in [-0.15, -0.1) is 0 Å². The Labute approximate surface area is 115 Å². The summed E-state index contributed by atoms with van der Waals surface area (Å²) in [7, 11) is -2.93. The predicted molar refractivity (Wildman–Crippen MR) is 66.7 cm³/mol. The number of hydrogen-bond acceptors (Lipinski definition) is 5. The van der Waals surface area contributed by atoms with Gasteiger partial charge in [-0.3, -0.25) is 0 Å². The Morgan fingerprint density at radius 3 is 2.30 bits per heavy atom. The first-order valence-corrected chi connectivity index (χ1v) is 7.20. The zero-order valence-corrected chi connectivity index (χ0v) is 11.8. The minimum Gasteiger partial charge on any atom is -0.355 e. The quantitative estimate of drug-likeness (QED) is 0.861. The molecule has 0 atom stereocenters. The van der Waals surface area contributed by atoms with Crippen molar-refractivity contribution in [1.29, 1.82) is 0 Å². The van der Waals surface area contributed by atoms with E-state index in [1.165, 1.54) is 0 Å². The largest absolute Gasteiger partial charge is 0.390 e. The number of alkyl halides is 3. The molecule has 0 aromatic carbocycles. The van der Waals surface area contributed by atoms with Gasteiger partial charge in [-0.25, -0.2) is 22.7 Å². The minimum atomic E-state index is -4.41. The molecule has 1 N–H and O–H groups in total. The fraction of sp³-hybridized carbons (Fsp3) is 0.600. The van der Waals surface area contributed by atoms with E-state index in [1.807, 2.05) is 6.92 Å². The zero-order chi connectivity index (χ0) is 15.4. The van der Waals surface area contributed by atoms with E-state index in [4.69, 9.17) is 0 Å². The van der Waals surface area contributed by atoms with Crippen molar-refractivity contribution in [2.75, 3.05) is 25.5 Å². The molecule has 0 radical (unpaired) electrons. The maximum Gasteiger partial charge on any atom is 0.390 e. The zero-order valence-electron chi connectivity index (χ0n) is 11.0. The molecule has 0 aliphatic carbocycles. The van der Waals surface area contributed by atoms with Crippen LogP contribution in [0.15, 0.2) is 17.3 Å². The molecule has 6 nitrogen and oxygen atoms in total. The van der Waals surface area contributed by atoms with Gasteiger partial charge in [0, 0.05) is 20.1 Å². The highest BCUT2D eigenvalue weighted by Crippen LogP contribution is 2.21. The molecule has 1 rings (SSSR count). The normalized spacial score (nSPS) is 12.7. The Hall–Kier alpha value is -1.42. The molecular formula is C10H15F3N4O2S. The average Bonchev–Trinajstić information content (AvgIpc) is 2.36. The highest BCUT2D eigenvalue weighted by atomic mass is 32.2. The molecule has 0 fully saturated rings. The molecular weight excluding hydrogens is 297 g/mol. The lowest BCUT2D eigenvalue weighted by Gasteiger charge is -2.17. The number of aromatic nitrogens is 2. The van der Waals surface area contributed by atoms with E-state index in [9.17, 15) is 21.6 Å². The van der Waals surface area contributed by atoms with Crippen LogP contribution < -0.4 is 5.32 Å². The van der Waals surface area contributed by atoms with Crippen LogP contribution in [0.4, 0.5) is 19.1 Å². The Balaban J connectivity index is 2.81. The van der Waals surface area contributed by atoms with Crippen LogP contribution >= 0.6 is 0 Å². The average molecular weight is 312 g/mol. The molecule has 0 aliphatic rings. The highest BCUT2D eigenvalue weighted by Gasteiger charge is 2.30. The molecule has 0 bridgehead atoms. The van der Waals surface area contributed by atoms with Crippen LogP contribution in [-0.2, 0) is 10.0 Å². The summed E-state index contributed by atoms with van der Waals surface area (Å²) in [6, 6.07) is 0. The number of nitrogens with one attached hydrogen (secondary N) is 1. The van der Waals surface area contributed by atoms with Gasteiger partial charge in [0.05, 0.1) is 18.8 Å². The number of hydrogen-bond donors (Lipinski definition) is 1. The first-order valence-electron chi connectivity index (χ1n) is 5.76. The van der Waals surface area contributed by atoms with Crippen LogP contribution in [0.25, 0.3) is 0 Å². The topological polar surface area (TPSA) is 75.2 Å². The van der Waals surface area contributed by atoms with Gasteiger partial charge in [0.25, 0.3) is 0 Å². The standard InChI is InChI=1S/C10H15F3N4O2S/c1-3-14-9-15-6-8(7-16-9)20(18,19)17(2)5-4-10(11,12)13/h6-7H,3-5H2,1-2H3,(H,14,15,16). The van der Waals surface area contributed by atoms with Crippen molar-refractivity contribution in [2.24, 2.45) is 0 Å². The monoisotopic (exact) mass is 312 g/mol. The van der Waals surface area contributed by atoms with Gasteiger partial charge in [0.1, 0.15) is 4.90 Å². The van der Waals surface area contributed by atoms with Crippen LogP contribution in [-0.4, -0.2) is 49.0 Å². The molecule has 1 heterocycles. The number of rotatable bonds is 6. The third-order valence-electron chi connectivity index (χ3n) is 2.38. The van der Waals surface area contributed by atoms with Gasteiger partial charge >= 0.3 is 6.18 Å². The second-order valence-corrected chi connectivity index (χ2v) is 6.01. The Morgan fingerprint density at radius 2 is 1.85 bits per heavy atom. The molecule has 0 aliphatic heterocycles. The van der Waals surface area contributed by atoms with Gasteiger partial charge in [0.15, 0.2) is 0 Å². The van der Waals surface area contributed by atoms with E-state index in [0.717, 1.165) is 19.4 Å². The van der Waals surface area contributed by atoms with Crippen LogP contribution in [0.5, 0.6) is 0 Å². The summed E-state index contributed by atoms with van der Waals surface area (Å²) in [5, 5.41) is 2.78. The summed E-state index contributed by atoms with van der Waals surface area (Å²) >= 11 is 0. The second kappa shape index (κ2) is 6.35. The Kier molecular flexibility index (Phi) is 5.28. The van der Waals surface area contributed by atoms with Gasteiger partial charge in [0.2, 0.25) is 16.0 Å². The first kappa shape index (κ1) is 16.6. The van der Waals surface area contributed by atoms with Crippen LogP contribution in [0.2, 0.25) is 0 Å². The van der Waals surface area contributed by atoms with Crippen molar-refractivity contribution in [3.63, 3.8) is 0 Å². The molecule has 0 amide bonds. The van der Waals surface area contributed by atoms with Gasteiger partial charge in [-0.05, 0) is 6.92 Å². The molecule has 114 valence electrons. The Bertz CT molecular complexity index is 530. The van der Waals surface area contributed by atoms with Crippen LogP contribution in [0.3, 0.4) is 0 Å². The lowest BCUT2D eigenvalue weighted by molar-refractivity contribution is -0.135. The second-order valence-electron chi connectivity index (χ2n) is 3.96. The number of halogens is 3. The van der Waals surface area contributed by atoms with Gasteiger partial charge < -0.3 is 5.32 Å². The first-order chi connectivity index (χ1) is 9.16. The van der Waals surface area contributed by atoms with Crippen LogP contribution in [0, 0.1) is 0 Å². The maximum absolute atomic E-state index is 12.1. The number of sulfonamides is 1. The molecule has 20 heavy (non-hydrogen) atoms. The molecule has 1 aromatic rings. The molecule has 0 saturated carbocycles. The molecule has 0 spiro atoms. The third-order valence-corrected chi connectivity index (χ3v) is 4.19. The van der Waals surface area contributed by atoms with Gasteiger partial charge in [-0.1, -0.05) is 0 Å². The predicted octanol–water partition coefficient (Wildman–Crippen LogP) is 1.48. The van der Waals surface area contributed by atoms with Crippen molar-refractivity contribution >= 4 is 16.0 Å². The summed E-state index contributed by atoms with van der Waals surface area (Å²) in [4.78, 5) is 7.30. The van der Waals surface area contributed by atoms with Crippen molar-refractivity contribution in [3.8, 4) is 0 Å². The SMILES string of the molecule is CCNc1ncc(S(=O)(=O)N(C)CCC(F)(F)F)cn1. The fourth-order valence-corrected chi connectivity index (χ4v) is 2.35. The smallest absolute Gasteiger partial charge is 0.355 e. The van der Waals surface area contributed by atoms with Crippen molar-refractivity contribution < 1.29 is 21.6 Å². The lowest BCUT2D eigenvalue weighted by atomic mass is 10.4. The van der Waals surface area contributed by atoms with E-state index in [0.29, 0.717) is 10.8 Å². The summed E-state index contributed by atoms with van der Waals surface area (Å²) in [6.07, 6.45) is -3.50. The van der Waals surface area contributed by atoms with Crippen molar-refractivity contribution in [3.05, 3.63) is 12.4 Å². The van der Waals surface area contributed by atoms with E-state index in [-0.39, 0.29) is 10.8 Å². The molecule has 0 unspecified atom stereocenters. The highest BCUT2D eigenvalue weighted by molar-refractivity contribution is 7.89. The minimum absolute atomic E-state index is 0.246. The Morgan fingerprint density at radius 1 is 1.30 bits per heavy atom. The molecule has 1 aromatic heterocycles. The van der Waals surface area contributed by atoms with Crippen LogP contribution in [0.1, 0.15) is 13.3 Å². The van der Waals surface area contributed by atoms with E-state index >= 15 is 0 Å². The number of nitrogens with zero attached hydrogens (tertiary/aromatic N) is 3. The molecule has 0 saturated heterocycles. The summed E-state index contributed by atoms with van der Waals surface area (Å²) < 4.78 is 60.9. The molecule has 10 heteroatoms. The summed E-state index contributed by atoms with van der Waals surface area (Å²) in [5.41, 5.74) is 0. The fourth-order valence-electron chi connectivity index (χ4n) is 1.28. The summed E-state index contributed by atoms with van der Waals surface area (Å²) in [6.45, 7) is 1.73. The number of anilines is 1. The van der Waals surface area contributed by atoms with E-state index in [1.54, 1.807) is 0 Å².